The molecule has 0 amide bonds. The lowest BCUT2D eigenvalue weighted by molar-refractivity contribution is 0.416. The molecule has 20 heavy (non-hydrogen) atoms. The normalized spacial score (nSPS) is 10.8. The zero-order valence-corrected chi connectivity index (χ0v) is 14.4. The van der Waals surface area contributed by atoms with Crippen molar-refractivity contribution in [1.82, 2.24) is 0 Å². The third-order valence-electron chi connectivity index (χ3n) is 2.64. The zero-order valence-electron chi connectivity index (χ0n) is 9.91. The SMILES string of the molecule is COc1ccc(Cl)cc1-c1c(Cl)c(Cl)c(Cl)c(Cl)c1Cl. The molecule has 0 fully saturated rings. The van der Waals surface area contributed by atoms with Gasteiger partial charge in [0, 0.05) is 16.1 Å². The van der Waals surface area contributed by atoms with E-state index in [-0.39, 0.29) is 25.1 Å². The molecule has 0 saturated heterocycles. The lowest BCUT2D eigenvalue weighted by Gasteiger charge is -2.15. The van der Waals surface area contributed by atoms with Crippen molar-refractivity contribution in [3.05, 3.63) is 48.3 Å². The van der Waals surface area contributed by atoms with E-state index in [9.17, 15) is 0 Å². The van der Waals surface area contributed by atoms with E-state index < -0.39 is 0 Å². The van der Waals surface area contributed by atoms with Crippen LogP contribution in [0, 0.1) is 0 Å². The van der Waals surface area contributed by atoms with Crippen molar-refractivity contribution in [2.24, 2.45) is 0 Å². The summed E-state index contributed by atoms with van der Waals surface area (Å²) in [6.07, 6.45) is 0. The maximum atomic E-state index is 6.23. The highest BCUT2D eigenvalue weighted by molar-refractivity contribution is 6.56. The predicted octanol–water partition coefficient (Wildman–Crippen LogP) is 7.28. The van der Waals surface area contributed by atoms with Crippen LogP contribution in [0.3, 0.4) is 0 Å². The van der Waals surface area contributed by atoms with Gasteiger partial charge in [-0.15, -0.1) is 0 Å². The molecule has 0 radical (unpaired) electrons. The first-order chi connectivity index (χ1) is 9.38. The number of hydrogen-bond acceptors (Lipinski definition) is 1. The Morgan fingerprint density at radius 3 is 1.75 bits per heavy atom. The highest BCUT2D eigenvalue weighted by Gasteiger charge is 2.22. The molecule has 2 aromatic rings. The highest BCUT2D eigenvalue weighted by atomic mass is 35.5. The van der Waals surface area contributed by atoms with Crippen molar-refractivity contribution in [3.8, 4) is 16.9 Å². The lowest BCUT2D eigenvalue weighted by atomic mass is 10.0. The molecule has 2 aromatic carbocycles. The third kappa shape index (κ3) is 2.81. The van der Waals surface area contributed by atoms with Gasteiger partial charge in [-0.1, -0.05) is 69.6 Å². The smallest absolute Gasteiger partial charge is 0.126 e. The Labute approximate surface area is 146 Å². The van der Waals surface area contributed by atoms with E-state index in [1.54, 1.807) is 18.2 Å². The largest absolute Gasteiger partial charge is 0.496 e. The van der Waals surface area contributed by atoms with Gasteiger partial charge in [0.1, 0.15) is 5.75 Å². The van der Waals surface area contributed by atoms with Crippen LogP contribution in [0.25, 0.3) is 11.1 Å². The van der Waals surface area contributed by atoms with E-state index in [4.69, 9.17) is 74.3 Å². The predicted molar refractivity (Wildman–Crippen MR) is 88.5 cm³/mol. The molecule has 0 aromatic heterocycles. The van der Waals surface area contributed by atoms with Gasteiger partial charge in [-0.2, -0.15) is 0 Å². The summed E-state index contributed by atoms with van der Waals surface area (Å²) in [6.45, 7) is 0. The monoisotopic (exact) mass is 388 g/mol. The maximum Gasteiger partial charge on any atom is 0.126 e. The second-order valence-electron chi connectivity index (χ2n) is 3.79. The number of hydrogen-bond donors (Lipinski definition) is 0. The molecule has 0 N–H and O–H groups in total. The molecule has 2 rings (SSSR count). The molecule has 0 bridgehead atoms. The van der Waals surface area contributed by atoms with Crippen LogP contribution >= 0.6 is 69.6 Å². The second kappa shape index (κ2) is 6.39. The summed E-state index contributed by atoms with van der Waals surface area (Å²) in [7, 11) is 1.52. The Morgan fingerprint density at radius 2 is 1.25 bits per heavy atom. The first-order valence-electron chi connectivity index (χ1n) is 5.23. The highest BCUT2D eigenvalue weighted by Crippen LogP contribution is 2.50. The van der Waals surface area contributed by atoms with Gasteiger partial charge in [0.15, 0.2) is 0 Å². The Kier molecular flexibility index (Phi) is 5.23. The average molecular weight is 391 g/mol. The minimum absolute atomic E-state index is 0.105. The fraction of sp³-hybridized carbons (Fsp3) is 0.0769. The number of ether oxygens (including phenoxy) is 1. The van der Waals surface area contributed by atoms with Crippen molar-refractivity contribution in [3.63, 3.8) is 0 Å². The summed E-state index contributed by atoms with van der Waals surface area (Å²) < 4.78 is 5.28. The van der Waals surface area contributed by atoms with Gasteiger partial charge in [-0.05, 0) is 18.2 Å². The van der Waals surface area contributed by atoms with E-state index in [2.05, 4.69) is 0 Å². The van der Waals surface area contributed by atoms with Gasteiger partial charge < -0.3 is 4.74 Å². The Bertz CT molecular complexity index is 654. The average Bonchev–Trinajstić information content (AvgIpc) is 2.43. The van der Waals surface area contributed by atoms with Crippen LogP contribution in [-0.4, -0.2) is 7.11 Å². The molecule has 7 heteroatoms. The van der Waals surface area contributed by atoms with Crippen molar-refractivity contribution in [1.29, 1.82) is 0 Å². The summed E-state index contributed by atoms with van der Waals surface area (Å²) in [6, 6.07) is 5.04. The van der Waals surface area contributed by atoms with E-state index >= 15 is 0 Å². The van der Waals surface area contributed by atoms with E-state index in [1.807, 2.05) is 0 Å². The van der Waals surface area contributed by atoms with E-state index in [0.717, 1.165) is 0 Å². The van der Waals surface area contributed by atoms with Crippen molar-refractivity contribution in [2.75, 3.05) is 7.11 Å². The quantitative estimate of drug-likeness (QED) is 0.386. The summed E-state index contributed by atoms with van der Waals surface area (Å²) in [5.41, 5.74) is 1.00. The van der Waals surface area contributed by atoms with Gasteiger partial charge in [0.2, 0.25) is 0 Å². The molecular weight excluding hydrogens is 385 g/mol. The molecular formula is C13H6Cl6O. The number of methoxy groups -OCH3 is 1. The lowest BCUT2D eigenvalue weighted by Crippen LogP contribution is -1.91. The Morgan fingerprint density at radius 1 is 0.750 bits per heavy atom. The van der Waals surface area contributed by atoms with Crippen LogP contribution in [0.15, 0.2) is 18.2 Å². The van der Waals surface area contributed by atoms with Gasteiger partial charge in [-0.3, -0.25) is 0 Å². The molecule has 0 heterocycles. The Balaban J connectivity index is 2.86. The fourth-order valence-corrected chi connectivity index (χ4v) is 3.23. The molecule has 106 valence electrons. The zero-order chi connectivity index (χ0) is 15.0. The Hall–Kier alpha value is -0.0200. The van der Waals surface area contributed by atoms with Crippen molar-refractivity contribution in [2.45, 2.75) is 0 Å². The van der Waals surface area contributed by atoms with E-state index in [0.29, 0.717) is 21.9 Å². The van der Waals surface area contributed by atoms with Crippen LogP contribution in [0.4, 0.5) is 0 Å². The van der Waals surface area contributed by atoms with Crippen molar-refractivity contribution < 1.29 is 4.74 Å². The number of halogens is 6. The maximum absolute atomic E-state index is 6.23. The molecule has 0 atom stereocenters. The summed E-state index contributed by atoms with van der Waals surface area (Å²) in [4.78, 5) is 0. The first kappa shape index (κ1) is 16.4. The number of rotatable bonds is 2. The number of benzene rings is 2. The van der Waals surface area contributed by atoms with Gasteiger partial charge in [0.25, 0.3) is 0 Å². The molecule has 0 unspecified atom stereocenters. The summed E-state index contributed by atoms with van der Waals surface area (Å²) >= 11 is 36.6. The van der Waals surface area contributed by atoms with Crippen LogP contribution in [0.1, 0.15) is 0 Å². The standard InChI is InChI=1S/C13H6Cl6O/c1-20-7-3-2-5(14)4-6(7)8-9(15)11(17)13(19)12(18)10(8)16/h2-4H,1H3. The first-order valence-corrected chi connectivity index (χ1v) is 7.50. The topological polar surface area (TPSA) is 9.23 Å². The van der Waals surface area contributed by atoms with Crippen LogP contribution in [0.2, 0.25) is 30.1 Å². The molecule has 0 aliphatic rings. The second-order valence-corrected chi connectivity index (χ2v) is 6.12. The van der Waals surface area contributed by atoms with Gasteiger partial charge in [-0.25, -0.2) is 0 Å². The molecule has 0 spiro atoms. The van der Waals surface area contributed by atoms with Crippen LogP contribution in [-0.2, 0) is 0 Å². The third-order valence-corrected chi connectivity index (χ3v) is 5.15. The minimum Gasteiger partial charge on any atom is -0.496 e. The fourth-order valence-electron chi connectivity index (χ4n) is 1.72. The van der Waals surface area contributed by atoms with Crippen molar-refractivity contribution >= 4 is 69.6 Å². The van der Waals surface area contributed by atoms with Gasteiger partial charge in [0.05, 0.1) is 32.2 Å². The van der Waals surface area contributed by atoms with Crippen LogP contribution in [0.5, 0.6) is 5.75 Å². The molecule has 0 aliphatic carbocycles. The van der Waals surface area contributed by atoms with E-state index in [1.165, 1.54) is 7.11 Å². The summed E-state index contributed by atoms with van der Waals surface area (Å²) in [5, 5.41) is 1.22. The molecule has 0 aliphatic heterocycles. The summed E-state index contributed by atoms with van der Waals surface area (Å²) in [5.74, 6) is 0.535. The molecule has 1 nitrogen and oxygen atoms in total. The van der Waals surface area contributed by atoms with Crippen LogP contribution < -0.4 is 4.74 Å². The minimum atomic E-state index is 0.105. The molecule has 0 saturated carbocycles. The van der Waals surface area contributed by atoms with Gasteiger partial charge >= 0.3 is 0 Å².